The van der Waals surface area contributed by atoms with E-state index in [0.717, 1.165) is 9.87 Å². The standard InChI is InChI=1S/C11H14BrNO4S/c1-8-3-4-9(12)10(7-8)18(16,17)13(2)6-5-11(14)15/h3-4,7H,5-6H2,1-2H3,(H,14,15). The van der Waals surface area contributed by atoms with Crippen LogP contribution in [-0.4, -0.2) is 37.4 Å². The van der Waals surface area contributed by atoms with Crippen LogP contribution in [0.3, 0.4) is 0 Å². The molecule has 1 aromatic rings. The Morgan fingerprint density at radius 3 is 2.61 bits per heavy atom. The summed E-state index contributed by atoms with van der Waals surface area (Å²) in [6.07, 6.45) is -0.223. The summed E-state index contributed by atoms with van der Waals surface area (Å²) in [5.74, 6) is -1.03. The van der Waals surface area contributed by atoms with Crippen LogP contribution in [0.4, 0.5) is 0 Å². The summed E-state index contributed by atoms with van der Waals surface area (Å²) in [5, 5.41) is 8.57. The lowest BCUT2D eigenvalue weighted by molar-refractivity contribution is -0.137. The fourth-order valence-corrected chi connectivity index (χ4v) is 3.53. The predicted molar refractivity (Wildman–Crippen MR) is 70.9 cm³/mol. The number of nitrogens with zero attached hydrogens (tertiary/aromatic N) is 1. The smallest absolute Gasteiger partial charge is 0.304 e. The molecule has 0 aliphatic carbocycles. The van der Waals surface area contributed by atoms with E-state index in [9.17, 15) is 13.2 Å². The molecule has 0 bridgehead atoms. The second-order valence-electron chi connectivity index (χ2n) is 3.90. The van der Waals surface area contributed by atoms with Crippen molar-refractivity contribution in [3.05, 3.63) is 28.2 Å². The minimum absolute atomic E-state index is 0.0575. The zero-order chi connectivity index (χ0) is 13.9. The Hall–Kier alpha value is -0.920. The van der Waals surface area contributed by atoms with Gasteiger partial charge in [0.05, 0.1) is 11.3 Å². The zero-order valence-corrected chi connectivity index (χ0v) is 12.5. The molecule has 0 spiro atoms. The molecule has 1 N–H and O–H groups in total. The number of rotatable bonds is 5. The lowest BCUT2D eigenvalue weighted by Crippen LogP contribution is -2.29. The van der Waals surface area contributed by atoms with Crippen molar-refractivity contribution in [2.45, 2.75) is 18.2 Å². The predicted octanol–water partition coefficient (Wildman–Crippen LogP) is 1.85. The maximum absolute atomic E-state index is 12.2. The molecule has 18 heavy (non-hydrogen) atoms. The molecule has 1 rings (SSSR count). The van der Waals surface area contributed by atoms with E-state index in [4.69, 9.17) is 5.11 Å². The van der Waals surface area contributed by atoms with Crippen LogP contribution in [0.15, 0.2) is 27.6 Å². The molecule has 0 heterocycles. The molecule has 0 atom stereocenters. The molecular weight excluding hydrogens is 322 g/mol. The van der Waals surface area contributed by atoms with E-state index >= 15 is 0 Å². The Balaban J connectivity index is 3.05. The highest BCUT2D eigenvalue weighted by atomic mass is 79.9. The average Bonchev–Trinajstić information content (AvgIpc) is 2.28. The first-order valence-electron chi connectivity index (χ1n) is 5.19. The molecule has 5 nitrogen and oxygen atoms in total. The van der Waals surface area contributed by atoms with Gasteiger partial charge in [0.2, 0.25) is 10.0 Å². The highest BCUT2D eigenvalue weighted by molar-refractivity contribution is 9.10. The van der Waals surface area contributed by atoms with Gasteiger partial charge >= 0.3 is 5.97 Å². The number of aryl methyl sites for hydroxylation is 1. The summed E-state index contributed by atoms with van der Waals surface area (Å²) in [7, 11) is -2.30. The summed E-state index contributed by atoms with van der Waals surface area (Å²) < 4.78 is 26.0. The number of benzene rings is 1. The molecule has 0 saturated heterocycles. The molecule has 0 unspecified atom stereocenters. The average molecular weight is 336 g/mol. The van der Waals surface area contributed by atoms with Crippen LogP contribution in [0.2, 0.25) is 0 Å². The van der Waals surface area contributed by atoms with E-state index in [1.165, 1.54) is 7.05 Å². The van der Waals surface area contributed by atoms with Gasteiger partial charge in [0, 0.05) is 18.1 Å². The van der Waals surface area contributed by atoms with Crippen LogP contribution in [-0.2, 0) is 14.8 Å². The van der Waals surface area contributed by atoms with E-state index in [1.807, 2.05) is 0 Å². The number of aliphatic carboxylic acids is 1. The largest absolute Gasteiger partial charge is 0.481 e. The maximum Gasteiger partial charge on any atom is 0.304 e. The van der Waals surface area contributed by atoms with Crippen molar-refractivity contribution in [3.63, 3.8) is 0 Å². The van der Waals surface area contributed by atoms with Crippen LogP contribution in [0.1, 0.15) is 12.0 Å². The Kier molecular flexibility index (Phi) is 4.89. The summed E-state index contributed by atoms with van der Waals surface area (Å²) in [6, 6.07) is 5.00. The molecule has 0 amide bonds. The number of carboxylic acid groups (broad SMARTS) is 1. The van der Waals surface area contributed by atoms with Gasteiger partial charge in [-0.25, -0.2) is 12.7 Å². The molecule has 0 saturated carbocycles. The number of carbonyl (C=O) groups is 1. The summed E-state index contributed by atoms with van der Waals surface area (Å²) in [4.78, 5) is 10.6. The first-order chi connectivity index (χ1) is 8.25. The minimum Gasteiger partial charge on any atom is -0.481 e. The molecule has 100 valence electrons. The molecule has 0 aliphatic rings. The van der Waals surface area contributed by atoms with Gasteiger partial charge in [-0.3, -0.25) is 4.79 Å². The SMILES string of the molecule is Cc1ccc(Br)c(S(=O)(=O)N(C)CCC(=O)O)c1. The van der Waals surface area contributed by atoms with Gasteiger partial charge in [-0.15, -0.1) is 0 Å². The first-order valence-corrected chi connectivity index (χ1v) is 7.42. The van der Waals surface area contributed by atoms with Crippen molar-refractivity contribution in [3.8, 4) is 0 Å². The number of halogens is 1. The lowest BCUT2D eigenvalue weighted by Gasteiger charge is -2.17. The maximum atomic E-state index is 12.2. The Morgan fingerprint density at radius 2 is 2.06 bits per heavy atom. The quantitative estimate of drug-likeness (QED) is 0.891. The van der Waals surface area contributed by atoms with Crippen molar-refractivity contribution < 1.29 is 18.3 Å². The fraction of sp³-hybridized carbons (Fsp3) is 0.364. The second kappa shape index (κ2) is 5.81. The van der Waals surface area contributed by atoms with Crippen molar-refractivity contribution in [2.24, 2.45) is 0 Å². The number of sulfonamides is 1. The van der Waals surface area contributed by atoms with Crippen LogP contribution >= 0.6 is 15.9 Å². The van der Waals surface area contributed by atoms with Crippen molar-refractivity contribution in [2.75, 3.05) is 13.6 Å². The normalized spacial score (nSPS) is 11.8. The van der Waals surface area contributed by atoms with Crippen LogP contribution in [0.25, 0.3) is 0 Å². The van der Waals surface area contributed by atoms with E-state index in [2.05, 4.69) is 15.9 Å². The molecule has 1 aromatic carbocycles. The van der Waals surface area contributed by atoms with Gasteiger partial charge in [0.25, 0.3) is 0 Å². The lowest BCUT2D eigenvalue weighted by atomic mass is 10.2. The monoisotopic (exact) mass is 335 g/mol. The van der Waals surface area contributed by atoms with E-state index in [0.29, 0.717) is 4.47 Å². The molecule has 0 aliphatic heterocycles. The third kappa shape index (κ3) is 3.54. The second-order valence-corrected chi connectivity index (χ2v) is 6.77. The number of carboxylic acids is 1. The van der Waals surface area contributed by atoms with Crippen molar-refractivity contribution >= 4 is 31.9 Å². The first kappa shape index (κ1) is 15.1. The van der Waals surface area contributed by atoms with E-state index in [-0.39, 0.29) is 17.9 Å². The molecule has 0 radical (unpaired) electrons. The fourth-order valence-electron chi connectivity index (χ4n) is 1.35. The van der Waals surface area contributed by atoms with Crippen molar-refractivity contribution in [1.29, 1.82) is 0 Å². The van der Waals surface area contributed by atoms with Gasteiger partial charge in [-0.2, -0.15) is 0 Å². The minimum atomic E-state index is -3.66. The van der Waals surface area contributed by atoms with Gasteiger partial charge in [0.1, 0.15) is 0 Å². The number of hydrogen-bond acceptors (Lipinski definition) is 3. The van der Waals surface area contributed by atoms with Crippen LogP contribution < -0.4 is 0 Å². The zero-order valence-electron chi connectivity index (χ0n) is 10.1. The third-order valence-electron chi connectivity index (χ3n) is 2.42. The van der Waals surface area contributed by atoms with Crippen LogP contribution in [0, 0.1) is 6.92 Å². The van der Waals surface area contributed by atoms with Gasteiger partial charge in [-0.1, -0.05) is 6.07 Å². The number of hydrogen-bond donors (Lipinski definition) is 1. The Labute approximate surface area is 115 Å². The highest BCUT2D eigenvalue weighted by Crippen LogP contribution is 2.25. The molecule has 0 fully saturated rings. The van der Waals surface area contributed by atoms with Gasteiger partial charge in [-0.05, 0) is 40.5 Å². The topological polar surface area (TPSA) is 74.7 Å². The Morgan fingerprint density at radius 1 is 1.44 bits per heavy atom. The van der Waals surface area contributed by atoms with E-state index < -0.39 is 16.0 Å². The van der Waals surface area contributed by atoms with E-state index in [1.54, 1.807) is 25.1 Å². The third-order valence-corrected chi connectivity index (χ3v) is 5.27. The Bertz CT molecular complexity index is 556. The summed E-state index contributed by atoms with van der Waals surface area (Å²) in [5.41, 5.74) is 0.823. The summed E-state index contributed by atoms with van der Waals surface area (Å²) in [6.45, 7) is 1.74. The van der Waals surface area contributed by atoms with Crippen LogP contribution in [0.5, 0.6) is 0 Å². The molecule has 0 aromatic heterocycles. The van der Waals surface area contributed by atoms with Crippen molar-refractivity contribution in [1.82, 2.24) is 4.31 Å². The summed E-state index contributed by atoms with van der Waals surface area (Å²) >= 11 is 3.19. The molecule has 7 heteroatoms. The highest BCUT2D eigenvalue weighted by Gasteiger charge is 2.23. The van der Waals surface area contributed by atoms with Gasteiger partial charge < -0.3 is 5.11 Å². The molecular formula is C11H14BrNO4S. The van der Waals surface area contributed by atoms with Gasteiger partial charge in [0.15, 0.2) is 0 Å².